The van der Waals surface area contributed by atoms with Gasteiger partial charge in [-0.1, -0.05) is 19.0 Å². The molecule has 7 nitrogen and oxygen atoms in total. The molecule has 0 radical (unpaired) electrons. The van der Waals surface area contributed by atoms with Crippen LogP contribution in [-0.4, -0.2) is 62.6 Å². The van der Waals surface area contributed by atoms with Gasteiger partial charge in [0.1, 0.15) is 6.54 Å². The summed E-state index contributed by atoms with van der Waals surface area (Å²) in [7, 11) is 1.69. The van der Waals surface area contributed by atoms with Gasteiger partial charge in [0.05, 0.1) is 25.5 Å². The highest BCUT2D eigenvalue weighted by Gasteiger charge is 2.25. The lowest BCUT2D eigenvalue weighted by atomic mass is 10.1. The zero-order chi connectivity index (χ0) is 18.1. The Morgan fingerprint density at radius 3 is 3.00 bits per heavy atom. The van der Waals surface area contributed by atoms with E-state index in [1.54, 1.807) is 7.11 Å². The van der Waals surface area contributed by atoms with Crippen LogP contribution in [0.3, 0.4) is 0 Å². The second kappa shape index (κ2) is 10.4. The number of guanidine groups is 1. The fourth-order valence-electron chi connectivity index (χ4n) is 2.81. The second-order valence-corrected chi connectivity index (χ2v) is 6.71. The van der Waals surface area contributed by atoms with E-state index in [2.05, 4.69) is 36.1 Å². The first kappa shape index (κ1) is 19.7. The van der Waals surface area contributed by atoms with E-state index in [4.69, 9.17) is 19.0 Å². The number of rotatable bonds is 9. The van der Waals surface area contributed by atoms with Crippen LogP contribution in [0.15, 0.2) is 15.6 Å². The van der Waals surface area contributed by atoms with Crippen LogP contribution in [0, 0.1) is 5.92 Å². The molecule has 1 aliphatic heterocycles. The summed E-state index contributed by atoms with van der Waals surface area (Å²) in [5.74, 6) is 2.65. The third-order valence-corrected chi connectivity index (χ3v) is 4.26. The lowest BCUT2D eigenvalue weighted by Crippen LogP contribution is -2.40. The zero-order valence-electron chi connectivity index (χ0n) is 16.0. The third-order valence-electron chi connectivity index (χ3n) is 4.26. The van der Waals surface area contributed by atoms with Gasteiger partial charge in [-0.2, -0.15) is 0 Å². The first-order valence-corrected chi connectivity index (χ1v) is 9.19. The summed E-state index contributed by atoms with van der Waals surface area (Å²) < 4.78 is 16.1. The molecule has 1 aliphatic rings. The van der Waals surface area contributed by atoms with Crippen molar-refractivity contribution in [3.05, 3.63) is 17.5 Å². The van der Waals surface area contributed by atoms with Crippen molar-refractivity contribution in [2.45, 2.75) is 39.7 Å². The molecule has 142 valence electrons. The topological polar surface area (TPSA) is 72.1 Å². The molecule has 1 fully saturated rings. The van der Waals surface area contributed by atoms with Crippen molar-refractivity contribution in [1.29, 1.82) is 0 Å². The molecule has 2 rings (SSSR count). The maximum atomic E-state index is 5.67. The highest BCUT2D eigenvalue weighted by molar-refractivity contribution is 5.80. The molecule has 1 atom stereocenters. The molecule has 0 saturated carbocycles. The van der Waals surface area contributed by atoms with Crippen LogP contribution >= 0.6 is 0 Å². The molecule has 25 heavy (non-hydrogen) atoms. The lowest BCUT2D eigenvalue weighted by molar-refractivity contribution is 0.0536. The van der Waals surface area contributed by atoms with E-state index in [-0.39, 0.29) is 0 Å². The van der Waals surface area contributed by atoms with Gasteiger partial charge < -0.3 is 24.2 Å². The monoisotopic (exact) mass is 352 g/mol. The summed E-state index contributed by atoms with van der Waals surface area (Å²) in [6.45, 7) is 11.7. The standard InChI is InChI=1S/C18H32N4O3/c1-5-19-18(20-11-16-10-17(14(2)3)21-25-16)22-7-6-15(12-22)13-24-9-8-23-4/h10,14-15H,5-9,11-13H2,1-4H3,(H,19,20). The van der Waals surface area contributed by atoms with E-state index in [9.17, 15) is 0 Å². The van der Waals surface area contributed by atoms with Gasteiger partial charge in [-0.3, -0.25) is 0 Å². The maximum absolute atomic E-state index is 5.67. The Kier molecular flexibility index (Phi) is 8.21. The highest BCUT2D eigenvalue weighted by Crippen LogP contribution is 2.18. The van der Waals surface area contributed by atoms with Crippen LogP contribution in [0.4, 0.5) is 0 Å². The first-order chi connectivity index (χ1) is 12.1. The molecule has 1 aromatic rings. The molecule has 0 amide bonds. The minimum absolute atomic E-state index is 0.368. The molecule has 1 saturated heterocycles. The Labute approximate surface area is 150 Å². The van der Waals surface area contributed by atoms with Gasteiger partial charge in [-0.15, -0.1) is 0 Å². The molecular formula is C18H32N4O3. The Balaban J connectivity index is 1.86. The number of aliphatic imine (C=N–C) groups is 1. The van der Waals surface area contributed by atoms with Gasteiger partial charge in [0, 0.05) is 38.7 Å². The number of ether oxygens (including phenoxy) is 2. The predicted molar refractivity (Wildman–Crippen MR) is 97.8 cm³/mol. The van der Waals surface area contributed by atoms with Crippen LogP contribution in [0.2, 0.25) is 0 Å². The number of likely N-dealkylation sites (tertiary alicyclic amines) is 1. The van der Waals surface area contributed by atoms with Crippen LogP contribution in [0.5, 0.6) is 0 Å². The van der Waals surface area contributed by atoms with Crippen molar-refractivity contribution >= 4 is 5.96 Å². The number of nitrogens with zero attached hydrogens (tertiary/aromatic N) is 3. The molecule has 2 heterocycles. The van der Waals surface area contributed by atoms with Crippen LogP contribution in [0.25, 0.3) is 0 Å². The van der Waals surface area contributed by atoms with E-state index in [0.29, 0.717) is 31.6 Å². The largest absolute Gasteiger partial charge is 0.382 e. The second-order valence-electron chi connectivity index (χ2n) is 6.71. The van der Waals surface area contributed by atoms with Crippen molar-refractivity contribution < 1.29 is 14.0 Å². The highest BCUT2D eigenvalue weighted by atomic mass is 16.5. The predicted octanol–water partition coefficient (Wildman–Crippen LogP) is 2.25. The number of nitrogens with one attached hydrogen (secondary N) is 1. The summed E-state index contributed by atoms with van der Waals surface area (Å²) in [5, 5.41) is 7.47. The van der Waals surface area contributed by atoms with Crippen molar-refractivity contribution in [2.24, 2.45) is 10.9 Å². The Hall–Kier alpha value is -1.60. The van der Waals surface area contributed by atoms with Gasteiger partial charge in [0.2, 0.25) is 0 Å². The van der Waals surface area contributed by atoms with Gasteiger partial charge in [0.15, 0.2) is 11.7 Å². The van der Waals surface area contributed by atoms with Gasteiger partial charge in [-0.25, -0.2) is 4.99 Å². The summed E-state index contributed by atoms with van der Waals surface area (Å²) in [4.78, 5) is 7.02. The summed E-state index contributed by atoms with van der Waals surface area (Å²) in [6, 6.07) is 1.99. The Bertz CT molecular complexity index is 530. The number of aromatic nitrogens is 1. The zero-order valence-corrected chi connectivity index (χ0v) is 16.0. The average Bonchev–Trinajstić information content (AvgIpc) is 3.25. The Morgan fingerprint density at radius 1 is 1.48 bits per heavy atom. The minimum atomic E-state index is 0.368. The summed E-state index contributed by atoms with van der Waals surface area (Å²) in [5.41, 5.74) is 0.977. The molecular weight excluding hydrogens is 320 g/mol. The first-order valence-electron chi connectivity index (χ1n) is 9.19. The molecule has 0 aliphatic carbocycles. The smallest absolute Gasteiger partial charge is 0.194 e. The average molecular weight is 352 g/mol. The van der Waals surface area contributed by atoms with E-state index in [1.165, 1.54) is 0 Å². The van der Waals surface area contributed by atoms with E-state index < -0.39 is 0 Å². The summed E-state index contributed by atoms with van der Waals surface area (Å²) in [6.07, 6.45) is 1.12. The molecule has 0 spiro atoms. The van der Waals surface area contributed by atoms with Crippen LogP contribution in [0.1, 0.15) is 44.6 Å². The molecule has 1 unspecified atom stereocenters. The molecule has 0 aromatic carbocycles. The van der Waals surface area contributed by atoms with Crippen molar-refractivity contribution in [3.8, 4) is 0 Å². The SMILES string of the molecule is CCNC(=NCc1cc(C(C)C)no1)N1CCC(COCCOC)C1. The lowest BCUT2D eigenvalue weighted by Gasteiger charge is -2.21. The van der Waals surface area contributed by atoms with Gasteiger partial charge in [-0.05, 0) is 19.3 Å². The van der Waals surface area contributed by atoms with E-state index in [0.717, 1.165) is 50.1 Å². The van der Waals surface area contributed by atoms with Crippen molar-refractivity contribution in [3.63, 3.8) is 0 Å². The third kappa shape index (κ3) is 6.32. The summed E-state index contributed by atoms with van der Waals surface area (Å²) >= 11 is 0. The van der Waals surface area contributed by atoms with E-state index >= 15 is 0 Å². The molecule has 0 bridgehead atoms. The normalized spacial score (nSPS) is 18.4. The Morgan fingerprint density at radius 2 is 2.32 bits per heavy atom. The molecule has 7 heteroatoms. The van der Waals surface area contributed by atoms with Crippen molar-refractivity contribution in [1.82, 2.24) is 15.4 Å². The number of hydrogen-bond donors (Lipinski definition) is 1. The van der Waals surface area contributed by atoms with Gasteiger partial charge >= 0.3 is 0 Å². The van der Waals surface area contributed by atoms with Crippen LogP contribution in [-0.2, 0) is 16.0 Å². The molecule has 1 N–H and O–H groups in total. The number of methoxy groups -OCH3 is 1. The van der Waals surface area contributed by atoms with Crippen molar-refractivity contribution in [2.75, 3.05) is 46.6 Å². The maximum Gasteiger partial charge on any atom is 0.194 e. The quantitative estimate of drug-likeness (QED) is 0.417. The minimum Gasteiger partial charge on any atom is -0.382 e. The fourth-order valence-corrected chi connectivity index (χ4v) is 2.81. The van der Waals surface area contributed by atoms with E-state index in [1.807, 2.05) is 6.07 Å². The molecule has 1 aromatic heterocycles. The fraction of sp³-hybridized carbons (Fsp3) is 0.778. The van der Waals surface area contributed by atoms with Crippen LogP contribution < -0.4 is 5.32 Å². The number of hydrogen-bond acceptors (Lipinski definition) is 5. The van der Waals surface area contributed by atoms with Gasteiger partial charge in [0.25, 0.3) is 0 Å².